The van der Waals surface area contributed by atoms with E-state index in [4.69, 9.17) is 4.74 Å². The average Bonchev–Trinajstić information content (AvgIpc) is 3.08. The molecule has 1 N–H and O–H groups in total. The van der Waals surface area contributed by atoms with Crippen LogP contribution in [0.3, 0.4) is 0 Å². The minimum Gasteiger partial charge on any atom is -0.489 e. The van der Waals surface area contributed by atoms with Gasteiger partial charge in [-0.15, -0.1) is 5.10 Å². The molecule has 0 saturated carbocycles. The number of aryl methyl sites for hydroxylation is 2. The lowest BCUT2D eigenvalue weighted by molar-refractivity contribution is -0.135. The number of rotatable bonds is 6. The number of carbonyl (C=O) groups is 2. The predicted octanol–water partition coefficient (Wildman–Crippen LogP) is 3.49. The first kappa shape index (κ1) is 21.3. The number of carbonyl (C=O) groups excluding carboxylic acids is 2. The number of hydrogen-bond donors (Lipinski definition) is 1. The minimum absolute atomic E-state index is 0.211. The van der Waals surface area contributed by atoms with Crippen LogP contribution in [0.4, 0.5) is 0 Å². The lowest BCUT2D eigenvalue weighted by Crippen LogP contribution is -2.19. The van der Waals surface area contributed by atoms with Crippen molar-refractivity contribution in [3.05, 3.63) is 75.7 Å². The van der Waals surface area contributed by atoms with Crippen LogP contribution in [0.2, 0.25) is 0 Å². The number of amides is 1. The third-order valence-electron chi connectivity index (χ3n) is 4.25. The summed E-state index contributed by atoms with van der Waals surface area (Å²) in [6.45, 7) is 4.44. The van der Waals surface area contributed by atoms with Gasteiger partial charge in [-0.3, -0.25) is 10.1 Å². The summed E-state index contributed by atoms with van der Waals surface area (Å²) in [5.41, 5.74) is 4.02. The molecule has 1 aliphatic rings. The molecule has 0 aliphatic carbocycles. The summed E-state index contributed by atoms with van der Waals surface area (Å²) in [6.07, 6.45) is 2.75. The Bertz CT molecular complexity index is 1020. The molecular formula is C22H21N3O4S. The van der Waals surface area contributed by atoms with E-state index in [9.17, 15) is 9.59 Å². The van der Waals surface area contributed by atoms with Crippen molar-refractivity contribution < 1.29 is 19.1 Å². The molecule has 1 amide bonds. The van der Waals surface area contributed by atoms with Gasteiger partial charge in [0, 0.05) is 11.6 Å². The van der Waals surface area contributed by atoms with Crippen LogP contribution in [-0.4, -0.2) is 30.4 Å². The molecule has 2 aromatic carbocycles. The molecule has 8 heteroatoms. The number of nitrogens with one attached hydrogen (secondary N) is 1. The average molecular weight is 423 g/mol. The van der Waals surface area contributed by atoms with E-state index < -0.39 is 11.9 Å². The molecule has 154 valence electrons. The molecule has 0 atom stereocenters. The van der Waals surface area contributed by atoms with Crippen molar-refractivity contribution in [1.82, 2.24) is 5.32 Å². The minimum atomic E-state index is -0.599. The molecule has 0 aromatic heterocycles. The van der Waals surface area contributed by atoms with Crippen LogP contribution in [0.5, 0.6) is 5.75 Å². The maximum atomic E-state index is 11.8. The molecular weight excluding hydrogens is 402 g/mol. The molecule has 1 fully saturated rings. The van der Waals surface area contributed by atoms with Crippen molar-refractivity contribution in [2.24, 2.45) is 10.2 Å². The number of esters is 1. The molecule has 1 saturated heterocycles. The third kappa shape index (κ3) is 5.57. The molecule has 0 radical (unpaired) electrons. The van der Waals surface area contributed by atoms with Crippen molar-refractivity contribution in [3.8, 4) is 5.75 Å². The van der Waals surface area contributed by atoms with Gasteiger partial charge in [0.2, 0.25) is 0 Å². The summed E-state index contributed by atoms with van der Waals surface area (Å²) < 4.78 is 10.4. The number of nitrogens with zero attached hydrogens (tertiary/aromatic N) is 2. The van der Waals surface area contributed by atoms with Crippen LogP contribution < -0.4 is 10.1 Å². The molecule has 0 spiro atoms. The van der Waals surface area contributed by atoms with Crippen LogP contribution in [0, 0.1) is 13.8 Å². The number of thioether (sulfide) groups is 1. The van der Waals surface area contributed by atoms with Crippen molar-refractivity contribution in [2.45, 2.75) is 20.5 Å². The first-order chi connectivity index (χ1) is 14.5. The van der Waals surface area contributed by atoms with Gasteiger partial charge in [-0.25, -0.2) is 4.79 Å². The van der Waals surface area contributed by atoms with Gasteiger partial charge in [0.25, 0.3) is 5.91 Å². The highest BCUT2D eigenvalue weighted by atomic mass is 32.2. The lowest BCUT2D eigenvalue weighted by Gasteiger charge is -2.11. The Balaban J connectivity index is 1.67. The largest absolute Gasteiger partial charge is 0.489 e. The highest BCUT2D eigenvalue weighted by molar-refractivity contribution is 8.18. The normalized spacial score (nSPS) is 16.3. The van der Waals surface area contributed by atoms with Gasteiger partial charge < -0.3 is 9.47 Å². The van der Waals surface area contributed by atoms with Crippen molar-refractivity contribution in [1.29, 1.82) is 0 Å². The highest BCUT2D eigenvalue weighted by Crippen LogP contribution is 2.24. The molecule has 0 unspecified atom stereocenters. The fourth-order valence-corrected chi connectivity index (χ4v) is 3.48. The third-order valence-corrected chi connectivity index (χ3v) is 5.15. The molecule has 1 aliphatic heterocycles. The standard InChI is InChI=1S/C22H21N3O4S/c1-14-9-17(29-13-16-7-5-4-6-8-16)10-15(2)18(14)12-23-25-22-24-21(27)19(30-22)11-20(26)28-3/h4-12H,13H2,1-3H3,(H,24,25,27)/b19-11+,23-12?. The zero-order valence-corrected chi connectivity index (χ0v) is 17.7. The van der Waals surface area contributed by atoms with Gasteiger partial charge >= 0.3 is 5.97 Å². The fraction of sp³-hybridized carbons (Fsp3) is 0.182. The Kier molecular flexibility index (Phi) is 7.03. The smallest absolute Gasteiger partial charge is 0.331 e. The zero-order valence-electron chi connectivity index (χ0n) is 16.8. The number of benzene rings is 2. The Morgan fingerprint density at radius 1 is 1.17 bits per heavy atom. The van der Waals surface area contributed by atoms with Gasteiger partial charge in [0.05, 0.1) is 18.2 Å². The molecule has 2 aromatic rings. The van der Waals surface area contributed by atoms with E-state index in [1.54, 1.807) is 6.21 Å². The fourth-order valence-electron chi connectivity index (χ4n) is 2.74. The number of hydrogen-bond acceptors (Lipinski definition) is 7. The molecule has 30 heavy (non-hydrogen) atoms. The summed E-state index contributed by atoms with van der Waals surface area (Å²) in [7, 11) is 1.25. The second-order valence-electron chi connectivity index (χ2n) is 6.48. The molecule has 1 heterocycles. The summed E-state index contributed by atoms with van der Waals surface area (Å²) in [5.74, 6) is -0.224. The van der Waals surface area contributed by atoms with Gasteiger partial charge in [0.1, 0.15) is 12.4 Å². The van der Waals surface area contributed by atoms with E-state index in [0.717, 1.165) is 45.8 Å². The topological polar surface area (TPSA) is 89.3 Å². The van der Waals surface area contributed by atoms with E-state index in [2.05, 4.69) is 20.3 Å². The van der Waals surface area contributed by atoms with E-state index in [0.29, 0.717) is 11.8 Å². The zero-order chi connectivity index (χ0) is 21.5. The lowest BCUT2D eigenvalue weighted by atomic mass is 10.0. The Labute approximate surface area is 178 Å². The van der Waals surface area contributed by atoms with E-state index in [-0.39, 0.29) is 4.91 Å². The Morgan fingerprint density at radius 3 is 2.53 bits per heavy atom. The summed E-state index contributed by atoms with van der Waals surface area (Å²) in [4.78, 5) is 23.3. The van der Waals surface area contributed by atoms with Crippen LogP contribution >= 0.6 is 11.8 Å². The molecule has 7 nitrogen and oxygen atoms in total. The molecule has 0 bridgehead atoms. The van der Waals surface area contributed by atoms with E-state index in [1.165, 1.54) is 7.11 Å². The first-order valence-electron chi connectivity index (χ1n) is 9.14. The number of amidine groups is 1. The van der Waals surface area contributed by atoms with Gasteiger partial charge in [0.15, 0.2) is 5.17 Å². The highest BCUT2D eigenvalue weighted by Gasteiger charge is 2.25. The first-order valence-corrected chi connectivity index (χ1v) is 9.95. The van der Waals surface area contributed by atoms with E-state index >= 15 is 0 Å². The second-order valence-corrected chi connectivity index (χ2v) is 7.51. The Morgan fingerprint density at radius 2 is 1.87 bits per heavy atom. The summed E-state index contributed by atoms with van der Waals surface area (Å²) in [6, 6.07) is 13.9. The van der Waals surface area contributed by atoms with Crippen molar-refractivity contribution in [2.75, 3.05) is 7.11 Å². The summed E-state index contributed by atoms with van der Waals surface area (Å²) >= 11 is 1.03. The van der Waals surface area contributed by atoms with Crippen molar-refractivity contribution in [3.63, 3.8) is 0 Å². The SMILES string of the molecule is COC(=O)/C=C1/S/C(=N\N=Cc2c(C)cc(OCc3ccccc3)cc2C)NC1=O. The number of ether oxygens (including phenoxy) is 2. The van der Waals surface area contributed by atoms with Gasteiger partial charge in [-0.1, -0.05) is 30.3 Å². The van der Waals surface area contributed by atoms with Crippen LogP contribution in [-0.2, 0) is 20.9 Å². The maximum Gasteiger partial charge on any atom is 0.331 e. The van der Waals surface area contributed by atoms with Crippen LogP contribution in [0.25, 0.3) is 0 Å². The van der Waals surface area contributed by atoms with Crippen LogP contribution in [0.15, 0.2) is 63.6 Å². The Hall–Kier alpha value is -3.39. The summed E-state index contributed by atoms with van der Waals surface area (Å²) in [5, 5.41) is 11.0. The number of methoxy groups -OCH3 is 1. The maximum absolute atomic E-state index is 11.8. The quantitative estimate of drug-likeness (QED) is 0.332. The van der Waals surface area contributed by atoms with Gasteiger partial charge in [-0.2, -0.15) is 5.10 Å². The van der Waals surface area contributed by atoms with Crippen molar-refractivity contribution >= 4 is 35.0 Å². The predicted molar refractivity (Wildman–Crippen MR) is 118 cm³/mol. The van der Waals surface area contributed by atoms with Crippen LogP contribution in [0.1, 0.15) is 22.3 Å². The molecule has 3 rings (SSSR count). The van der Waals surface area contributed by atoms with E-state index in [1.807, 2.05) is 56.3 Å². The second kappa shape index (κ2) is 9.89. The van der Waals surface area contributed by atoms with Gasteiger partial charge in [-0.05, 0) is 54.4 Å². The monoisotopic (exact) mass is 423 g/mol.